The van der Waals surface area contributed by atoms with Crippen molar-refractivity contribution in [3.63, 3.8) is 0 Å². The highest BCUT2D eigenvalue weighted by Crippen LogP contribution is 2.39. The van der Waals surface area contributed by atoms with Crippen LogP contribution in [-0.2, 0) is 9.53 Å². The normalized spacial score (nSPS) is 16.9. The number of pyridine rings is 1. The molecular formula is C21H22Cl2N4O2S. The second kappa shape index (κ2) is 10.7. The molecule has 0 aliphatic carbocycles. The molecule has 158 valence electrons. The Kier molecular flexibility index (Phi) is 8.01. The maximum absolute atomic E-state index is 12.0. The summed E-state index contributed by atoms with van der Waals surface area (Å²) in [5.74, 6) is 1.28. The molecule has 1 aliphatic heterocycles. The van der Waals surface area contributed by atoms with Crippen molar-refractivity contribution in [2.45, 2.75) is 5.25 Å². The Labute approximate surface area is 190 Å². The number of hydrogen-bond donors (Lipinski definition) is 0. The van der Waals surface area contributed by atoms with Crippen molar-refractivity contribution in [1.29, 1.82) is 0 Å². The van der Waals surface area contributed by atoms with Crippen molar-refractivity contribution in [1.82, 2.24) is 14.9 Å². The van der Waals surface area contributed by atoms with Crippen molar-refractivity contribution in [3.05, 3.63) is 75.8 Å². The van der Waals surface area contributed by atoms with Crippen molar-refractivity contribution >= 4 is 47.1 Å². The van der Waals surface area contributed by atoms with Crippen LogP contribution in [0.15, 0.2) is 59.6 Å². The van der Waals surface area contributed by atoms with Gasteiger partial charge in [0.25, 0.3) is 0 Å². The fraction of sp³-hybridized carbons (Fsp3) is 0.286. The van der Waals surface area contributed by atoms with Gasteiger partial charge in [-0.2, -0.15) is 5.10 Å². The summed E-state index contributed by atoms with van der Waals surface area (Å²) in [6.45, 7) is 0.796. The molecule has 0 radical (unpaired) electrons. The minimum atomic E-state index is -0.309. The van der Waals surface area contributed by atoms with Crippen LogP contribution >= 0.6 is 35.0 Å². The third-order valence-corrected chi connectivity index (χ3v) is 6.21. The predicted octanol–water partition coefficient (Wildman–Crippen LogP) is 4.46. The first-order chi connectivity index (χ1) is 14.5. The molecule has 1 aliphatic rings. The summed E-state index contributed by atoms with van der Waals surface area (Å²) in [4.78, 5) is 18.2. The quantitative estimate of drug-likeness (QED) is 0.357. The van der Waals surface area contributed by atoms with Crippen LogP contribution in [0.5, 0.6) is 0 Å². The van der Waals surface area contributed by atoms with Crippen molar-refractivity contribution < 1.29 is 9.53 Å². The van der Waals surface area contributed by atoms with Crippen LogP contribution in [0.2, 0.25) is 10.0 Å². The van der Waals surface area contributed by atoms with E-state index >= 15 is 0 Å². The number of thioether (sulfide) groups is 1. The molecule has 0 saturated heterocycles. The lowest BCUT2D eigenvalue weighted by Gasteiger charge is -2.29. The van der Waals surface area contributed by atoms with Crippen LogP contribution in [0.1, 0.15) is 16.5 Å². The third kappa shape index (κ3) is 5.90. The summed E-state index contributed by atoms with van der Waals surface area (Å²) in [5.41, 5.74) is 1.70. The molecule has 3 rings (SSSR count). The Morgan fingerprint density at radius 3 is 2.93 bits per heavy atom. The number of rotatable bonds is 6. The van der Waals surface area contributed by atoms with E-state index in [0.29, 0.717) is 16.6 Å². The van der Waals surface area contributed by atoms with Crippen LogP contribution in [0, 0.1) is 0 Å². The predicted molar refractivity (Wildman–Crippen MR) is 123 cm³/mol. The molecule has 0 spiro atoms. The highest BCUT2D eigenvalue weighted by atomic mass is 35.5. The minimum Gasteiger partial charge on any atom is -0.468 e. The fourth-order valence-electron chi connectivity index (χ4n) is 2.96. The zero-order chi connectivity index (χ0) is 21.5. The molecule has 1 atom stereocenters. The number of methoxy groups -OCH3 is 1. The number of ether oxygens (including phenoxy) is 1. The first kappa shape index (κ1) is 22.5. The number of hydrazone groups is 1. The number of benzene rings is 1. The maximum Gasteiger partial charge on any atom is 0.325 e. The molecule has 2 aromatic rings. The number of carbonyl (C=O) groups excluding carboxylic acids is 1. The molecule has 0 bridgehead atoms. The van der Waals surface area contributed by atoms with Gasteiger partial charge >= 0.3 is 5.97 Å². The first-order valence-electron chi connectivity index (χ1n) is 9.27. The summed E-state index contributed by atoms with van der Waals surface area (Å²) >= 11 is 14.3. The van der Waals surface area contributed by atoms with Gasteiger partial charge in [-0.25, -0.2) is 0 Å². The largest absolute Gasteiger partial charge is 0.468 e. The monoisotopic (exact) mass is 464 g/mol. The van der Waals surface area contributed by atoms with Gasteiger partial charge in [-0.05, 0) is 35.9 Å². The summed E-state index contributed by atoms with van der Waals surface area (Å²) in [6.07, 6.45) is 5.45. The minimum absolute atomic E-state index is 0.0140. The van der Waals surface area contributed by atoms with Crippen LogP contribution in [0.4, 0.5) is 0 Å². The van der Waals surface area contributed by atoms with E-state index in [2.05, 4.69) is 16.2 Å². The fourth-order valence-corrected chi connectivity index (χ4v) is 4.73. The lowest BCUT2D eigenvalue weighted by molar-refractivity contribution is -0.141. The van der Waals surface area contributed by atoms with Crippen LogP contribution in [-0.4, -0.2) is 60.1 Å². The van der Waals surface area contributed by atoms with Gasteiger partial charge in [-0.1, -0.05) is 35.3 Å². The standard InChI is InChI=1S/C21H22Cl2N4O2S/c1-26(25-13-16-5-3-4-8-24-16)20-12-19(17-7-6-15(22)11-18(17)23)30-10-9-27(20)14-21(28)29-2/h3-8,11-13,19H,9-10,14H2,1-2H3. The molecule has 6 nitrogen and oxygen atoms in total. The summed E-state index contributed by atoms with van der Waals surface area (Å²) < 4.78 is 4.88. The second-order valence-corrected chi connectivity index (χ2v) is 8.60. The van der Waals surface area contributed by atoms with Gasteiger partial charge in [-0.15, -0.1) is 11.8 Å². The average Bonchev–Trinajstić information content (AvgIpc) is 2.95. The highest BCUT2D eigenvalue weighted by molar-refractivity contribution is 7.99. The number of hydrogen-bond acceptors (Lipinski definition) is 7. The zero-order valence-electron chi connectivity index (χ0n) is 16.7. The van der Waals surface area contributed by atoms with Crippen molar-refractivity contribution in [2.75, 3.05) is 33.0 Å². The number of carbonyl (C=O) groups is 1. The van der Waals surface area contributed by atoms with Gasteiger partial charge < -0.3 is 9.64 Å². The molecule has 9 heteroatoms. The first-order valence-corrected chi connectivity index (χ1v) is 11.1. The molecule has 30 heavy (non-hydrogen) atoms. The van der Waals surface area contributed by atoms with E-state index in [9.17, 15) is 4.79 Å². The summed E-state index contributed by atoms with van der Waals surface area (Å²) in [7, 11) is 3.23. The lowest BCUT2D eigenvalue weighted by Crippen LogP contribution is -2.36. The number of esters is 1. The van der Waals surface area contributed by atoms with E-state index in [1.165, 1.54) is 7.11 Å². The van der Waals surface area contributed by atoms with Gasteiger partial charge in [0.2, 0.25) is 0 Å². The number of nitrogens with zero attached hydrogens (tertiary/aromatic N) is 4. The van der Waals surface area contributed by atoms with E-state index in [4.69, 9.17) is 27.9 Å². The van der Waals surface area contributed by atoms with E-state index < -0.39 is 0 Å². The molecule has 0 fully saturated rings. The van der Waals surface area contributed by atoms with Crippen molar-refractivity contribution in [2.24, 2.45) is 5.10 Å². The van der Waals surface area contributed by atoms with Crippen LogP contribution in [0.25, 0.3) is 0 Å². The van der Waals surface area contributed by atoms with E-state index in [-0.39, 0.29) is 17.8 Å². The van der Waals surface area contributed by atoms with Gasteiger partial charge in [0.05, 0.1) is 24.3 Å². The number of halogens is 2. The molecule has 0 amide bonds. The van der Waals surface area contributed by atoms with Crippen LogP contribution in [0.3, 0.4) is 0 Å². The Balaban J connectivity index is 1.94. The average molecular weight is 465 g/mol. The SMILES string of the molecule is COC(=O)CN1CCSC(c2ccc(Cl)cc2Cl)C=C1N(C)N=Cc1ccccn1. The van der Waals surface area contributed by atoms with E-state index in [1.807, 2.05) is 42.3 Å². The molecule has 2 heterocycles. The lowest BCUT2D eigenvalue weighted by atomic mass is 10.1. The van der Waals surface area contributed by atoms with Crippen molar-refractivity contribution in [3.8, 4) is 0 Å². The van der Waals surface area contributed by atoms with Gasteiger partial charge in [0.1, 0.15) is 12.4 Å². The molecule has 1 aromatic carbocycles. The molecule has 0 saturated carbocycles. The highest BCUT2D eigenvalue weighted by Gasteiger charge is 2.25. The Morgan fingerprint density at radius 1 is 1.40 bits per heavy atom. The molecule has 0 N–H and O–H groups in total. The Bertz CT molecular complexity index is 940. The van der Waals surface area contributed by atoms with E-state index in [0.717, 1.165) is 22.8 Å². The molecular weight excluding hydrogens is 443 g/mol. The second-order valence-electron chi connectivity index (χ2n) is 6.50. The van der Waals surface area contributed by atoms with Gasteiger partial charge in [0, 0.05) is 35.6 Å². The van der Waals surface area contributed by atoms with Crippen LogP contribution < -0.4 is 0 Å². The van der Waals surface area contributed by atoms with E-state index in [1.54, 1.807) is 35.2 Å². The summed E-state index contributed by atoms with van der Waals surface area (Å²) in [5, 5.41) is 7.45. The smallest absolute Gasteiger partial charge is 0.325 e. The molecule has 1 aromatic heterocycles. The van der Waals surface area contributed by atoms with Gasteiger partial charge in [-0.3, -0.25) is 14.8 Å². The maximum atomic E-state index is 12.0. The topological polar surface area (TPSA) is 58.0 Å². The Morgan fingerprint density at radius 2 is 2.23 bits per heavy atom. The molecule has 1 unspecified atom stereocenters. The van der Waals surface area contributed by atoms with Gasteiger partial charge in [0.15, 0.2) is 0 Å². The third-order valence-electron chi connectivity index (χ3n) is 4.48. The zero-order valence-corrected chi connectivity index (χ0v) is 19.0. The number of aromatic nitrogens is 1. The summed E-state index contributed by atoms with van der Waals surface area (Å²) in [6, 6.07) is 11.1. The Hall–Kier alpha value is -2.22.